The minimum Gasteiger partial charge on any atom is -0.495 e. The summed E-state index contributed by atoms with van der Waals surface area (Å²) in [6, 6.07) is 1.89. The lowest BCUT2D eigenvalue weighted by Crippen LogP contribution is -2.49. The third kappa shape index (κ3) is 3.90. The summed E-state index contributed by atoms with van der Waals surface area (Å²) in [5, 5.41) is 0.321. The van der Waals surface area contributed by atoms with Crippen LogP contribution >= 0.6 is 11.6 Å². The van der Waals surface area contributed by atoms with Crippen LogP contribution in [0.3, 0.4) is 0 Å². The van der Waals surface area contributed by atoms with E-state index in [4.69, 9.17) is 21.0 Å². The Morgan fingerprint density at radius 3 is 2.56 bits per heavy atom. The Kier molecular flexibility index (Phi) is 5.95. The first-order valence-electron chi connectivity index (χ1n) is 8.95. The molecule has 1 saturated heterocycles. The zero-order chi connectivity index (χ0) is 19.0. The summed E-state index contributed by atoms with van der Waals surface area (Å²) in [7, 11) is 1.55. The Morgan fingerprint density at radius 1 is 1.40 bits per heavy atom. The average Bonchev–Trinajstić information content (AvgIpc) is 2.51. The van der Waals surface area contributed by atoms with Crippen LogP contribution in [0.5, 0.6) is 5.75 Å². The van der Waals surface area contributed by atoms with Gasteiger partial charge in [0.25, 0.3) is 0 Å². The normalized spacial score (nSPS) is 19.9. The predicted octanol–water partition coefficient (Wildman–Crippen LogP) is 6.29. The molecule has 0 amide bonds. The molecule has 5 heteroatoms. The minimum atomic E-state index is -0.336. The average molecular weight is 367 g/mol. The smallest absolute Gasteiger partial charge is 0.322 e. The molecule has 0 spiro atoms. The largest absolute Gasteiger partial charge is 0.495 e. The third-order valence-corrected chi connectivity index (χ3v) is 6.27. The van der Waals surface area contributed by atoms with Crippen LogP contribution in [-0.4, -0.2) is 19.6 Å². The van der Waals surface area contributed by atoms with Crippen molar-refractivity contribution in [3.8, 4) is 5.75 Å². The molecule has 0 N–H and O–H groups in total. The van der Waals surface area contributed by atoms with Gasteiger partial charge >= 0.3 is 6.92 Å². The molecule has 25 heavy (non-hydrogen) atoms. The second kappa shape index (κ2) is 7.32. The van der Waals surface area contributed by atoms with Gasteiger partial charge in [-0.1, -0.05) is 32.4 Å². The lowest BCUT2D eigenvalue weighted by Gasteiger charge is -2.47. The first-order valence-corrected chi connectivity index (χ1v) is 9.33. The SMILES string of the molecule is CCc1cc(OC)c(Cl)c(/C(F)=C/B2CCC(C)(C)C(C)(C)O2)c1C. The quantitative estimate of drug-likeness (QED) is 0.583. The third-order valence-electron chi connectivity index (χ3n) is 5.90. The van der Waals surface area contributed by atoms with Gasteiger partial charge in [0, 0.05) is 5.56 Å². The Labute approximate surface area is 156 Å². The zero-order valence-electron chi connectivity index (χ0n) is 16.4. The fourth-order valence-electron chi connectivity index (χ4n) is 3.34. The first-order chi connectivity index (χ1) is 11.5. The fraction of sp³-hybridized carbons (Fsp3) is 0.600. The molecule has 0 atom stereocenters. The first kappa shape index (κ1) is 20.3. The number of methoxy groups -OCH3 is 1. The molecule has 0 bridgehead atoms. The Balaban J connectivity index is 2.41. The maximum Gasteiger partial charge on any atom is 0.322 e. The second-order valence-corrected chi connectivity index (χ2v) is 8.39. The van der Waals surface area contributed by atoms with Gasteiger partial charge in [0.15, 0.2) is 0 Å². The minimum absolute atomic E-state index is 0.0622. The fourth-order valence-corrected chi connectivity index (χ4v) is 3.71. The molecule has 1 aliphatic rings. The summed E-state index contributed by atoms with van der Waals surface area (Å²) >= 11 is 6.41. The van der Waals surface area contributed by atoms with Gasteiger partial charge in [-0.15, -0.1) is 0 Å². The number of aryl methyl sites for hydroxylation is 1. The highest BCUT2D eigenvalue weighted by molar-refractivity contribution is 6.59. The van der Waals surface area contributed by atoms with Crippen molar-refractivity contribution in [3.63, 3.8) is 0 Å². The summed E-state index contributed by atoms with van der Waals surface area (Å²) in [5.41, 5.74) is 2.06. The highest BCUT2D eigenvalue weighted by Gasteiger charge is 2.44. The number of benzene rings is 1. The molecule has 2 rings (SSSR count). The van der Waals surface area contributed by atoms with E-state index in [1.54, 1.807) is 13.1 Å². The maximum atomic E-state index is 15.2. The lowest BCUT2D eigenvalue weighted by atomic mass is 9.54. The van der Waals surface area contributed by atoms with Crippen LogP contribution < -0.4 is 4.74 Å². The highest BCUT2D eigenvalue weighted by atomic mass is 35.5. The lowest BCUT2D eigenvalue weighted by molar-refractivity contribution is -0.0314. The van der Waals surface area contributed by atoms with Crippen molar-refractivity contribution in [1.82, 2.24) is 0 Å². The molecule has 1 aromatic rings. The standard InChI is InChI=1S/C20H29BClFO2/c1-8-14-11-16(24-7)18(22)17(13(14)2)15(23)12-21-10-9-19(3,4)20(5,6)25-21/h11-12H,8-10H2,1-7H3/b15-12-. The molecular formula is C20H29BClFO2. The molecule has 0 unspecified atom stereocenters. The summed E-state index contributed by atoms with van der Waals surface area (Å²) in [6.07, 6.45) is 2.57. The van der Waals surface area contributed by atoms with Gasteiger partial charge in [-0.2, -0.15) is 0 Å². The van der Waals surface area contributed by atoms with E-state index < -0.39 is 0 Å². The number of halogens is 2. The number of hydrogen-bond acceptors (Lipinski definition) is 2. The van der Waals surface area contributed by atoms with Crippen molar-refractivity contribution in [2.24, 2.45) is 5.41 Å². The maximum absolute atomic E-state index is 15.2. The van der Waals surface area contributed by atoms with E-state index in [2.05, 4.69) is 27.7 Å². The van der Waals surface area contributed by atoms with Gasteiger partial charge in [0.2, 0.25) is 0 Å². The van der Waals surface area contributed by atoms with Crippen molar-refractivity contribution in [2.75, 3.05) is 7.11 Å². The zero-order valence-corrected chi connectivity index (χ0v) is 17.2. The van der Waals surface area contributed by atoms with E-state index in [1.807, 2.05) is 19.9 Å². The van der Waals surface area contributed by atoms with Crippen LogP contribution in [0.4, 0.5) is 4.39 Å². The van der Waals surface area contributed by atoms with Crippen LogP contribution in [0.1, 0.15) is 57.7 Å². The van der Waals surface area contributed by atoms with Gasteiger partial charge in [0.1, 0.15) is 11.6 Å². The molecule has 0 saturated carbocycles. The summed E-state index contributed by atoms with van der Waals surface area (Å²) in [4.78, 5) is 0. The van der Waals surface area contributed by atoms with E-state index in [0.29, 0.717) is 16.3 Å². The molecule has 138 valence electrons. The molecule has 1 heterocycles. The molecule has 1 fully saturated rings. The van der Waals surface area contributed by atoms with Crippen molar-refractivity contribution < 1.29 is 13.8 Å². The second-order valence-electron chi connectivity index (χ2n) is 8.01. The van der Waals surface area contributed by atoms with Crippen molar-refractivity contribution >= 4 is 24.3 Å². The molecule has 0 aliphatic carbocycles. The van der Waals surface area contributed by atoms with Crippen LogP contribution in [0.2, 0.25) is 11.3 Å². The molecule has 0 radical (unpaired) electrons. The molecular weight excluding hydrogens is 337 g/mol. The van der Waals surface area contributed by atoms with Gasteiger partial charge in [-0.3, -0.25) is 0 Å². The van der Waals surface area contributed by atoms with Crippen LogP contribution in [0.15, 0.2) is 12.0 Å². The Hall–Kier alpha value is -0.995. The van der Waals surface area contributed by atoms with Crippen molar-refractivity contribution in [1.29, 1.82) is 0 Å². The monoisotopic (exact) mass is 366 g/mol. The van der Waals surface area contributed by atoms with Crippen LogP contribution in [0.25, 0.3) is 5.83 Å². The highest BCUT2D eigenvalue weighted by Crippen LogP contribution is 2.44. The van der Waals surface area contributed by atoms with Gasteiger partial charge in [-0.05, 0) is 68.5 Å². The van der Waals surface area contributed by atoms with Crippen LogP contribution in [-0.2, 0) is 11.1 Å². The van der Waals surface area contributed by atoms with Crippen molar-refractivity contribution in [3.05, 3.63) is 33.8 Å². The van der Waals surface area contributed by atoms with E-state index in [0.717, 1.165) is 30.3 Å². The number of rotatable bonds is 4. The summed E-state index contributed by atoms with van der Waals surface area (Å²) in [5.74, 6) is 1.75. The summed E-state index contributed by atoms with van der Waals surface area (Å²) < 4.78 is 26.7. The van der Waals surface area contributed by atoms with Crippen LogP contribution in [0, 0.1) is 12.3 Å². The van der Waals surface area contributed by atoms with E-state index in [9.17, 15) is 0 Å². The van der Waals surface area contributed by atoms with Gasteiger partial charge < -0.3 is 9.39 Å². The molecule has 0 aromatic heterocycles. The topological polar surface area (TPSA) is 18.5 Å². The number of hydrogen-bond donors (Lipinski definition) is 0. The number of ether oxygens (including phenoxy) is 1. The van der Waals surface area contributed by atoms with Gasteiger partial charge in [0.05, 0.1) is 17.7 Å². The summed E-state index contributed by atoms with van der Waals surface area (Å²) in [6.45, 7) is 12.2. The van der Waals surface area contributed by atoms with Crippen molar-refractivity contribution in [2.45, 2.75) is 66.3 Å². The molecule has 1 aromatic carbocycles. The van der Waals surface area contributed by atoms with E-state index in [-0.39, 0.29) is 23.8 Å². The Bertz CT molecular complexity index is 655. The predicted molar refractivity (Wildman–Crippen MR) is 105 cm³/mol. The molecule has 1 aliphatic heterocycles. The van der Waals surface area contributed by atoms with E-state index in [1.165, 1.54) is 0 Å². The Morgan fingerprint density at radius 2 is 2.04 bits per heavy atom. The van der Waals surface area contributed by atoms with Gasteiger partial charge in [-0.25, -0.2) is 4.39 Å². The molecule has 2 nitrogen and oxygen atoms in total. The van der Waals surface area contributed by atoms with E-state index >= 15 is 4.39 Å².